The Balaban J connectivity index is 3.08. The van der Waals surface area contributed by atoms with Gasteiger partial charge in [0.2, 0.25) is 5.88 Å². The first-order chi connectivity index (χ1) is 6.96. The van der Waals surface area contributed by atoms with Crippen molar-refractivity contribution in [1.29, 1.82) is 0 Å². The van der Waals surface area contributed by atoms with E-state index in [1.165, 1.54) is 0 Å². The summed E-state index contributed by atoms with van der Waals surface area (Å²) in [6.45, 7) is 8.05. The van der Waals surface area contributed by atoms with E-state index < -0.39 is 5.41 Å². The van der Waals surface area contributed by atoms with Crippen molar-refractivity contribution in [2.24, 2.45) is 5.41 Å². The van der Waals surface area contributed by atoms with Gasteiger partial charge in [-0.05, 0) is 19.1 Å². The molecule has 0 N–H and O–H groups in total. The van der Waals surface area contributed by atoms with Crippen LogP contribution in [0.5, 0.6) is 5.88 Å². The van der Waals surface area contributed by atoms with Crippen LogP contribution in [0.2, 0.25) is 0 Å². The minimum atomic E-state index is -0.408. The molecular formula is C12H17NO2. The first-order valence-electron chi connectivity index (χ1n) is 5.09. The Hall–Kier alpha value is -1.38. The summed E-state index contributed by atoms with van der Waals surface area (Å²) in [6, 6.07) is 3.51. The highest BCUT2D eigenvalue weighted by Crippen LogP contribution is 2.25. The first kappa shape index (κ1) is 11.7. The van der Waals surface area contributed by atoms with E-state index in [2.05, 4.69) is 4.98 Å². The lowest BCUT2D eigenvalue weighted by Gasteiger charge is -2.17. The highest BCUT2D eigenvalue weighted by Gasteiger charge is 2.26. The summed E-state index contributed by atoms with van der Waals surface area (Å²) in [5.74, 6) is 0.485. The molecule has 1 aromatic heterocycles. The summed E-state index contributed by atoms with van der Waals surface area (Å²) in [6.07, 6.45) is 1.63. The Bertz CT molecular complexity index is 353. The molecule has 82 valence electrons. The predicted molar refractivity (Wildman–Crippen MR) is 59.2 cm³/mol. The van der Waals surface area contributed by atoms with Crippen LogP contribution in [0.3, 0.4) is 0 Å². The Labute approximate surface area is 90.5 Å². The Morgan fingerprint density at radius 1 is 1.47 bits per heavy atom. The van der Waals surface area contributed by atoms with E-state index in [4.69, 9.17) is 4.74 Å². The normalized spacial score (nSPS) is 11.2. The smallest absolute Gasteiger partial charge is 0.224 e. The molecule has 0 saturated carbocycles. The average molecular weight is 207 g/mol. The zero-order chi connectivity index (χ0) is 11.5. The number of hydrogen-bond acceptors (Lipinski definition) is 3. The molecule has 0 saturated heterocycles. The number of rotatable bonds is 3. The number of ether oxygens (including phenoxy) is 1. The third kappa shape index (κ3) is 2.78. The van der Waals surface area contributed by atoms with Gasteiger partial charge in [-0.2, -0.15) is 0 Å². The summed E-state index contributed by atoms with van der Waals surface area (Å²) < 4.78 is 5.32. The van der Waals surface area contributed by atoms with Gasteiger partial charge in [0.1, 0.15) is 0 Å². The Morgan fingerprint density at radius 2 is 2.13 bits per heavy atom. The fraction of sp³-hybridized carbons (Fsp3) is 0.500. The monoisotopic (exact) mass is 207 g/mol. The molecule has 1 rings (SSSR count). The van der Waals surface area contributed by atoms with Gasteiger partial charge in [-0.3, -0.25) is 4.79 Å². The van der Waals surface area contributed by atoms with Gasteiger partial charge in [0, 0.05) is 11.6 Å². The Kier molecular flexibility index (Phi) is 3.45. The van der Waals surface area contributed by atoms with Crippen LogP contribution in [0.25, 0.3) is 0 Å². The van der Waals surface area contributed by atoms with Gasteiger partial charge in [0.25, 0.3) is 0 Å². The van der Waals surface area contributed by atoms with Gasteiger partial charge in [-0.15, -0.1) is 0 Å². The van der Waals surface area contributed by atoms with E-state index in [-0.39, 0.29) is 5.78 Å². The quantitative estimate of drug-likeness (QED) is 0.715. The van der Waals surface area contributed by atoms with Crippen LogP contribution >= 0.6 is 0 Å². The minimum Gasteiger partial charge on any atom is -0.477 e. The number of Topliss-reactive ketones (excluding diaryl/α,β-unsaturated/α-hetero) is 1. The molecule has 0 aliphatic rings. The lowest BCUT2D eigenvalue weighted by atomic mass is 9.87. The maximum atomic E-state index is 12.0. The summed E-state index contributed by atoms with van der Waals surface area (Å²) in [5.41, 5.74) is 0.154. The summed E-state index contributed by atoms with van der Waals surface area (Å²) in [5, 5.41) is 0. The molecule has 1 aromatic rings. The molecule has 0 radical (unpaired) electrons. The number of nitrogens with zero attached hydrogens (tertiary/aromatic N) is 1. The SMILES string of the molecule is CCOc1ncccc1C(=O)C(C)(C)C. The molecule has 15 heavy (non-hydrogen) atoms. The number of ketones is 1. The topological polar surface area (TPSA) is 39.2 Å². The lowest BCUT2D eigenvalue weighted by molar-refractivity contribution is 0.0853. The van der Waals surface area contributed by atoms with Gasteiger partial charge in [0.15, 0.2) is 5.78 Å². The molecular weight excluding hydrogens is 190 g/mol. The van der Waals surface area contributed by atoms with Crippen LogP contribution in [-0.2, 0) is 0 Å². The zero-order valence-electron chi connectivity index (χ0n) is 9.70. The average Bonchev–Trinajstić information content (AvgIpc) is 2.17. The first-order valence-corrected chi connectivity index (χ1v) is 5.09. The van der Waals surface area contributed by atoms with Crippen LogP contribution in [0, 0.1) is 5.41 Å². The van der Waals surface area contributed by atoms with Gasteiger partial charge in [0.05, 0.1) is 12.2 Å². The van der Waals surface area contributed by atoms with Crippen molar-refractivity contribution in [3.05, 3.63) is 23.9 Å². The second kappa shape index (κ2) is 4.43. The summed E-state index contributed by atoms with van der Waals surface area (Å²) in [4.78, 5) is 16.1. The molecule has 3 nitrogen and oxygen atoms in total. The second-order valence-corrected chi connectivity index (χ2v) is 4.37. The highest BCUT2D eigenvalue weighted by molar-refractivity contribution is 6.01. The largest absolute Gasteiger partial charge is 0.477 e. The molecule has 1 heterocycles. The summed E-state index contributed by atoms with van der Waals surface area (Å²) in [7, 11) is 0. The maximum Gasteiger partial charge on any atom is 0.224 e. The Morgan fingerprint density at radius 3 is 2.67 bits per heavy atom. The van der Waals surface area contributed by atoms with Crippen LogP contribution in [0.4, 0.5) is 0 Å². The molecule has 0 amide bonds. The van der Waals surface area contributed by atoms with Crippen molar-refractivity contribution < 1.29 is 9.53 Å². The number of hydrogen-bond donors (Lipinski definition) is 0. The number of carbonyl (C=O) groups excluding carboxylic acids is 1. The van der Waals surface area contributed by atoms with Gasteiger partial charge in [-0.25, -0.2) is 4.98 Å². The third-order valence-corrected chi connectivity index (χ3v) is 1.98. The highest BCUT2D eigenvalue weighted by atomic mass is 16.5. The van der Waals surface area contributed by atoms with Gasteiger partial charge in [-0.1, -0.05) is 20.8 Å². The van der Waals surface area contributed by atoms with Crippen molar-refractivity contribution in [3.8, 4) is 5.88 Å². The van der Waals surface area contributed by atoms with E-state index in [0.29, 0.717) is 18.1 Å². The number of carbonyl (C=O) groups is 1. The maximum absolute atomic E-state index is 12.0. The van der Waals surface area contributed by atoms with Crippen LogP contribution in [0.1, 0.15) is 38.1 Å². The van der Waals surface area contributed by atoms with E-state index in [9.17, 15) is 4.79 Å². The predicted octanol–water partition coefficient (Wildman–Crippen LogP) is 2.71. The number of pyridine rings is 1. The molecule has 0 bridgehead atoms. The molecule has 0 aliphatic carbocycles. The molecule has 0 aromatic carbocycles. The zero-order valence-corrected chi connectivity index (χ0v) is 9.70. The molecule has 3 heteroatoms. The summed E-state index contributed by atoms with van der Waals surface area (Å²) >= 11 is 0. The van der Waals surface area contributed by atoms with E-state index >= 15 is 0 Å². The van der Waals surface area contributed by atoms with Crippen LogP contribution in [-0.4, -0.2) is 17.4 Å². The third-order valence-electron chi connectivity index (χ3n) is 1.98. The standard InChI is InChI=1S/C12H17NO2/c1-5-15-11-9(7-6-8-13-11)10(14)12(2,3)4/h6-8H,5H2,1-4H3. The number of aromatic nitrogens is 1. The van der Waals surface area contributed by atoms with Crippen molar-refractivity contribution in [1.82, 2.24) is 4.98 Å². The fourth-order valence-electron chi connectivity index (χ4n) is 1.22. The van der Waals surface area contributed by atoms with E-state index in [0.717, 1.165) is 0 Å². The molecule has 0 unspecified atom stereocenters. The molecule has 0 spiro atoms. The van der Waals surface area contributed by atoms with E-state index in [1.807, 2.05) is 27.7 Å². The van der Waals surface area contributed by atoms with Crippen molar-refractivity contribution in [2.75, 3.05) is 6.61 Å². The van der Waals surface area contributed by atoms with Crippen LogP contribution < -0.4 is 4.74 Å². The second-order valence-electron chi connectivity index (χ2n) is 4.37. The molecule has 0 atom stereocenters. The van der Waals surface area contributed by atoms with E-state index in [1.54, 1.807) is 18.3 Å². The van der Waals surface area contributed by atoms with Crippen molar-refractivity contribution in [3.63, 3.8) is 0 Å². The van der Waals surface area contributed by atoms with Crippen molar-refractivity contribution in [2.45, 2.75) is 27.7 Å². The molecule has 0 fully saturated rings. The molecule has 0 aliphatic heterocycles. The minimum absolute atomic E-state index is 0.0547. The van der Waals surface area contributed by atoms with Crippen LogP contribution in [0.15, 0.2) is 18.3 Å². The van der Waals surface area contributed by atoms with Gasteiger partial charge >= 0.3 is 0 Å². The van der Waals surface area contributed by atoms with Crippen molar-refractivity contribution >= 4 is 5.78 Å². The lowest BCUT2D eigenvalue weighted by Crippen LogP contribution is -2.21. The van der Waals surface area contributed by atoms with Gasteiger partial charge < -0.3 is 4.74 Å². The fourth-order valence-corrected chi connectivity index (χ4v) is 1.22.